The minimum absolute atomic E-state index is 0.0165. The van der Waals surface area contributed by atoms with Crippen LogP contribution in [0.1, 0.15) is 22.3 Å². The van der Waals surface area contributed by atoms with Crippen LogP contribution in [-0.2, 0) is 54.8 Å². The minimum Gasteiger partial charge on any atom is -0.444 e. The molecule has 0 N–H and O–H groups in total. The molecule has 11 rings (SSSR count). The van der Waals surface area contributed by atoms with Crippen LogP contribution in [-0.4, -0.2) is 72.6 Å². The van der Waals surface area contributed by atoms with Crippen LogP contribution < -0.4 is 14.3 Å². The molecule has 6 aliphatic heterocycles. The van der Waals surface area contributed by atoms with Gasteiger partial charge in [-0.2, -0.15) is 0 Å². The Labute approximate surface area is 333 Å². The molecule has 14 heteroatoms. The number of quaternary nitrogens is 2. The van der Waals surface area contributed by atoms with Gasteiger partial charge in [-0.1, -0.05) is 69.8 Å². The summed E-state index contributed by atoms with van der Waals surface area (Å²) in [6, 6.07) is 36.6. The van der Waals surface area contributed by atoms with Gasteiger partial charge < -0.3 is 18.9 Å². The van der Waals surface area contributed by atoms with Gasteiger partial charge in [-0.25, -0.2) is 23.6 Å². The molecule has 58 heavy (non-hydrogen) atoms. The molecule has 2 fully saturated rings. The maximum Gasteiger partial charge on any atom is 0.412 e. The quantitative estimate of drug-likeness (QED) is 0.154. The van der Waals surface area contributed by atoms with E-state index in [1.165, 1.54) is 34.1 Å². The van der Waals surface area contributed by atoms with Crippen LogP contribution >= 0.6 is 0 Å². The van der Waals surface area contributed by atoms with Crippen LogP contribution in [0.3, 0.4) is 0 Å². The predicted molar refractivity (Wildman–Crippen MR) is 209 cm³/mol. The Kier molecular flexibility index (Phi) is 9.69. The summed E-state index contributed by atoms with van der Waals surface area (Å²) in [6.07, 6.45) is -1.48. The highest BCUT2D eigenvalue weighted by molar-refractivity contribution is 6.02. The molecule has 6 aliphatic rings. The number of ether oxygens (including phenoxy) is 4. The van der Waals surface area contributed by atoms with Crippen LogP contribution in [0.5, 0.6) is 0 Å². The number of carbonyl (C=O) groups is 4. The zero-order chi connectivity index (χ0) is 39.9. The summed E-state index contributed by atoms with van der Waals surface area (Å²) in [7, 11) is 0. The Morgan fingerprint density at radius 1 is 0.586 bits per heavy atom. The first kappa shape index (κ1) is 37.1. The van der Waals surface area contributed by atoms with Gasteiger partial charge in [0, 0.05) is 35.4 Å². The van der Waals surface area contributed by atoms with Crippen molar-refractivity contribution in [1.29, 1.82) is 0 Å². The van der Waals surface area contributed by atoms with Crippen molar-refractivity contribution in [2.45, 2.75) is 38.4 Å². The van der Waals surface area contributed by atoms with Crippen molar-refractivity contribution in [2.75, 3.05) is 31.8 Å². The van der Waals surface area contributed by atoms with Gasteiger partial charge in [0.1, 0.15) is 51.3 Å². The largest absolute Gasteiger partial charge is 0.444 e. The Bertz CT molecular complexity index is 2190. The highest BCUT2D eigenvalue weighted by Gasteiger charge is 2.67. The number of hydrogen-bond donors (Lipinski definition) is 0. The second-order valence-corrected chi connectivity index (χ2v) is 14.7. The standard InChI is InChI=1S/C44H40FN5O8/c45-35-15-17-36(18-16-35)48(49(23-31-11-19-37(49)20-12-31)41(51)39-27-55-29-46(39)43(53)57-25-33-7-3-1-4-8-33)50(24-32-13-21-38(50)22-14-32)42(52)40-28-56-30-47(40)44(54)58-26-34-9-5-2-6-10-34/h1-22,39-40H,23-30H2/q+2/t39-,40-,49?,50?/m0/s1. The van der Waals surface area contributed by atoms with Gasteiger partial charge in [0.15, 0.2) is 23.5 Å². The summed E-state index contributed by atoms with van der Waals surface area (Å²) in [6.45, 7) is -0.592. The Morgan fingerprint density at radius 3 is 1.38 bits per heavy atom. The number of anilines is 1. The van der Waals surface area contributed by atoms with Crippen LogP contribution in [0.15, 0.2) is 133 Å². The van der Waals surface area contributed by atoms with Crippen LogP contribution in [0.2, 0.25) is 0 Å². The summed E-state index contributed by atoms with van der Waals surface area (Å²) in [5.74, 6) is -1.48. The third-order valence-corrected chi connectivity index (χ3v) is 11.2. The van der Waals surface area contributed by atoms with Gasteiger partial charge in [-0.05, 0) is 64.8 Å². The molecule has 4 atom stereocenters. The molecule has 2 unspecified atom stereocenters. The lowest BCUT2D eigenvalue weighted by Crippen LogP contribution is -2.83. The zero-order valence-electron chi connectivity index (χ0n) is 31.4. The predicted octanol–water partition coefficient (Wildman–Crippen LogP) is 6.55. The van der Waals surface area contributed by atoms with Crippen molar-refractivity contribution in [3.8, 4) is 0 Å². The summed E-state index contributed by atoms with van der Waals surface area (Å²) in [5.41, 5.74) is 4.44. The summed E-state index contributed by atoms with van der Waals surface area (Å²) < 4.78 is 36.7. The molecule has 0 aromatic heterocycles. The first-order valence-corrected chi connectivity index (χ1v) is 19.0. The molecule has 294 valence electrons. The zero-order valence-corrected chi connectivity index (χ0v) is 31.4. The second-order valence-electron chi connectivity index (χ2n) is 14.7. The molecule has 2 saturated heterocycles. The van der Waals surface area contributed by atoms with E-state index in [1.54, 1.807) is 5.12 Å². The van der Waals surface area contributed by atoms with Crippen molar-refractivity contribution >= 4 is 41.1 Å². The normalized spacial score (nSPS) is 22.8. The van der Waals surface area contributed by atoms with Crippen molar-refractivity contribution < 1.29 is 42.5 Å². The molecule has 0 aliphatic carbocycles. The van der Waals surface area contributed by atoms with Gasteiger partial charge >= 0.3 is 24.0 Å². The first-order chi connectivity index (χ1) is 28.3. The number of carbonyl (C=O) groups excluding carboxylic acids is 4. The van der Waals surface area contributed by atoms with E-state index in [0.29, 0.717) is 17.1 Å². The number of fused-ring (bicyclic) bond motifs is 6. The van der Waals surface area contributed by atoms with E-state index in [1.807, 2.05) is 109 Å². The molecule has 0 saturated carbocycles. The van der Waals surface area contributed by atoms with E-state index >= 15 is 9.59 Å². The average Bonchev–Trinajstić information content (AvgIpc) is 3.98. The number of amides is 4. The molecule has 5 aromatic rings. The fourth-order valence-corrected chi connectivity index (χ4v) is 8.34. The molecule has 4 amide bonds. The number of rotatable bonds is 9. The summed E-state index contributed by atoms with van der Waals surface area (Å²) >= 11 is 0. The van der Waals surface area contributed by atoms with Gasteiger partial charge in [0.25, 0.3) is 0 Å². The van der Waals surface area contributed by atoms with Crippen LogP contribution in [0.25, 0.3) is 0 Å². The fourth-order valence-electron chi connectivity index (χ4n) is 8.34. The van der Waals surface area contributed by atoms with E-state index < -0.39 is 51.1 Å². The molecule has 13 nitrogen and oxygen atoms in total. The molecular formula is C44H40FN5O8+2. The van der Waals surface area contributed by atoms with E-state index in [9.17, 15) is 14.0 Å². The number of benzene rings is 5. The summed E-state index contributed by atoms with van der Waals surface area (Å²) in [5, 5.41) is 1.70. The Morgan fingerprint density at radius 2 is 1.00 bits per heavy atom. The van der Waals surface area contributed by atoms with Gasteiger partial charge in [-0.3, -0.25) is 9.80 Å². The maximum absolute atomic E-state index is 15.9. The Balaban J connectivity index is 1.15. The lowest BCUT2D eigenvalue weighted by molar-refractivity contribution is -0.146. The number of nitrogens with zero attached hydrogens (tertiary/aromatic N) is 5. The highest BCUT2D eigenvalue weighted by Crippen LogP contribution is 2.47. The fraction of sp³-hybridized carbons (Fsp3) is 0.227. The lowest BCUT2D eigenvalue weighted by Gasteiger charge is -2.53. The van der Waals surface area contributed by atoms with Crippen molar-refractivity contribution in [3.63, 3.8) is 0 Å². The third-order valence-electron chi connectivity index (χ3n) is 11.2. The van der Waals surface area contributed by atoms with Gasteiger partial charge in [-0.15, -0.1) is 0 Å². The SMILES string of the molecule is O=C(OCc1ccccc1)N1COC[C@H]1C(=O)[N+]1(N(c2ccc(F)cc2)[N+]2(C(=O)[C@@H]3COCN3C(=O)OCc3ccccc3)Cc3ccc2cc3)Cc2ccc1cc2. The molecular weight excluding hydrogens is 746 g/mol. The molecule has 0 radical (unpaired) electrons. The molecule has 6 heterocycles. The monoisotopic (exact) mass is 785 g/mol. The number of halogens is 1. The number of hydrogen-bond acceptors (Lipinski definition) is 9. The summed E-state index contributed by atoms with van der Waals surface area (Å²) in [4.78, 5) is 61.8. The van der Waals surface area contributed by atoms with Gasteiger partial charge in [0.2, 0.25) is 0 Å². The Hall–Kier alpha value is -6.45. The van der Waals surface area contributed by atoms with Gasteiger partial charge in [0.05, 0.1) is 13.2 Å². The van der Waals surface area contributed by atoms with Crippen molar-refractivity contribution in [3.05, 3.63) is 162 Å². The molecule has 4 bridgehead atoms. The smallest absolute Gasteiger partial charge is 0.412 e. The molecule has 5 aromatic carbocycles. The maximum atomic E-state index is 15.9. The third kappa shape index (κ3) is 6.36. The van der Waals surface area contributed by atoms with Crippen LogP contribution in [0, 0.1) is 5.82 Å². The minimum atomic E-state index is -1.15. The van der Waals surface area contributed by atoms with E-state index in [4.69, 9.17) is 18.9 Å². The lowest BCUT2D eigenvalue weighted by atomic mass is 10.0. The van der Waals surface area contributed by atoms with Crippen molar-refractivity contribution in [2.24, 2.45) is 0 Å². The average molecular weight is 786 g/mol. The highest BCUT2D eigenvalue weighted by atomic mass is 19.1. The van der Waals surface area contributed by atoms with E-state index in [2.05, 4.69) is 0 Å². The molecule has 0 spiro atoms. The topological polar surface area (TPSA) is 115 Å². The van der Waals surface area contributed by atoms with Crippen LogP contribution in [0.4, 0.5) is 31.0 Å². The van der Waals surface area contributed by atoms with E-state index in [-0.39, 0.29) is 53.0 Å². The van der Waals surface area contributed by atoms with E-state index in [0.717, 1.165) is 22.3 Å². The first-order valence-electron chi connectivity index (χ1n) is 19.0. The van der Waals surface area contributed by atoms with Crippen molar-refractivity contribution in [1.82, 2.24) is 19.0 Å². The second kappa shape index (κ2) is 15.1.